The predicted molar refractivity (Wildman–Crippen MR) is 72.1 cm³/mol. The Morgan fingerprint density at radius 1 is 1.56 bits per heavy atom. The van der Waals surface area contributed by atoms with Gasteiger partial charge in [-0.3, -0.25) is 11.3 Å². The quantitative estimate of drug-likeness (QED) is 0.583. The van der Waals surface area contributed by atoms with Crippen molar-refractivity contribution in [2.45, 2.75) is 69.6 Å². The van der Waals surface area contributed by atoms with E-state index < -0.39 is 0 Å². The van der Waals surface area contributed by atoms with E-state index in [1.807, 2.05) is 0 Å². The van der Waals surface area contributed by atoms with Crippen LogP contribution in [-0.4, -0.2) is 31.0 Å². The van der Waals surface area contributed by atoms with Gasteiger partial charge in [-0.05, 0) is 51.4 Å². The normalized spacial score (nSPS) is 31.7. The van der Waals surface area contributed by atoms with Crippen LogP contribution in [0.15, 0.2) is 0 Å². The Labute approximate surface area is 111 Å². The van der Waals surface area contributed by atoms with E-state index in [-0.39, 0.29) is 17.2 Å². The Morgan fingerprint density at radius 2 is 2.28 bits per heavy atom. The minimum atomic E-state index is -0.193. The van der Waals surface area contributed by atoms with Crippen LogP contribution in [0.3, 0.4) is 0 Å². The second-order valence-electron chi connectivity index (χ2n) is 6.15. The largest absolute Gasteiger partial charge is 0.377 e. The zero-order valence-electron chi connectivity index (χ0n) is 12.0. The standard InChI is InChI=1S/C14H28N2O2/c1-4-13(2,17-3)12(16-15)11-6-9-18-14(10-11)7-5-8-14/h11-12,16H,4-10,15H2,1-3H3. The molecule has 0 aromatic rings. The second-order valence-corrected chi connectivity index (χ2v) is 6.15. The molecule has 0 radical (unpaired) electrons. The fourth-order valence-electron chi connectivity index (χ4n) is 3.57. The monoisotopic (exact) mass is 256 g/mol. The molecule has 1 spiro atoms. The van der Waals surface area contributed by atoms with Gasteiger partial charge in [-0.25, -0.2) is 0 Å². The molecule has 1 aliphatic carbocycles. The molecule has 1 saturated carbocycles. The van der Waals surface area contributed by atoms with E-state index in [0.717, 1.165) is 25.9 Å². The summed E-state index contributed by atoms with van der Waals surface area (Å²) < 4.78 is 11.7. The number of nitrogens with one attached hydrogen (secondary N) is 1. The molecule has 2 aliphatic rings. The van der Waals surface area contributed by atoms with Crippen molar-refractivity contribution in [2.75, 3.05) is 13.7 Å². The highest BCUT2D eigenvalue weighted by molar-refractivity contribution is 5.00. The van der Waals surface area contributed by atoms with Crippen LogP contribution < -0.4 is 11.3 Å². The van der Waals surface area contributed by atoms with Crippen LogP contribution in [0.2, 0.25) is 0 Å². The number of ether oxygens (including phenoxy) is 2. The molecular weight excluding hydrogens is 228 g/mol. The third-order valence-corrected chi connectivity index (χ3v) is 5.27. The van der Waals surface area contributed by atoms with Gasteiger partial charge < -0.3 is 9.47 Å². The lowest BCUT2D eigenvalue weighted by Gasteiger charge is -2.51. The van der Waals surface area contributed by atoms with Gasteiger partial charge >= 0.3 is 0 Å². The van der Waals surface area contributed by atoms with Gasteiger partial charge in [0.25, 0.3) is 0 Å². The first-order valence-corrected chi connectivity index (χ1v) is 7.24. The Bertz CT molecular complexity index is 275. The maximum atomic E-state index is 6.00. The van der Waals surface area contributed by atoms with Crippen molar-refractivity contribution >= 4 is 0 Å². The molecule has 1 heterocycles. The third-order valence-electron chi connectivity index (χ3n) is 5.27. The molecule has 4 heteroatoms. The summed E-state index contributed by atoms with van der Waals surface area (Å²) >= 11 is 0. The van der Waals surface area contributed by atoms with Crippen molar-refractivity contribution in [3.63, 3.8) is 0 Å². The van der Waals surface area contributed by atoms with E-state index in [9.17, 15) is 0 Å². The summed E-state index contributed by atoms with van der Waals surface area (Å²) in [5.41, 5.74) is 2.99. The molecule has 1 saturated heterocycles. The fourth-order valence-corrected chi connectivity index (χ4v) is 3.57. The van der Waals surface area contributed by atoms with Gasteiger partial charge in [0.2, 0.25) is 0 Å². The summed E-state index contributed by atoms with van der Waals surface area (Å²) in [5.74, 6) is 6.37. The van der Waals surface area contributed by atoms with E-state index in [4.69, 9.17) is 15.3 Å². The van der Waals surface area contributed by atoms with Gasteiger partial charge in [0.05, 0.1) is 17.2 Å². The van der Waals surface area contributed by atoms with Gasteiger partial charge in [-0.1, -0.05) is 6.92 Å². The molecule has 2 fully saturated rings. The SMILES string of the molecule is CCC(C)(OC)C(NN)C1CCOC2(CCC2)C1. The van der Waals surface area contributed by atoms with Gasteiger partial charge in [-0.2, -0.15) is 0 Å². The average molecular weight is 256 g/mol. The minimum absolute atomic E-state index is 0.167. The van der Waals surface area contributed by atoms with Crippen molar-refractivity contribution in [3.8, 4) is 0 Å². The average Bonchev–Trinajstić information content (AvgIpc) is 2.38. The molecule has 3 N–H and O–H groups in total. The van der Waals surface area contributed by atoms with Crippen LogP contribution in [0.1, 0.15) is 52.4 Å². The van der Waals surface area contributed by atoms with Gasteiger partial charge in [0.1, 0.15) is 0 Å². The van der Waals surface area contributed by atoms with Crippen LogP contribution in [0.5, 0.6) is 0 Å². The van der Waals surface area contributed by atoms with Crippen LogP contribution >= 0.6 is 0 Å². The summed E-state index contributed by atoms with van der Waals surface area (Å²) in [7, 11) is 1.78. The topological polar surface area (TPSA) is 56.5 Å². The lowest BCUT2D eigenvalue weighted by molar-refractivity contribution is -0.159. The number of hydrogen-bond acceptors (Lipinski definition) is 4. The smallest absolute Gasteiger partial charge is 0.0816 e. The molecule has 18 heavy (non-hydrogen) atoms. The zero-order valence-corrected chi connectivity index (χ0v) is 12.0. The molecule has 4 nitrogen and oxygen atoms in total. The summed E-state index contributed by atoms with van der Waals surface area (Å²) in [5, 5.41) is 0. The lowest BCUT2D eigenvalue weighted by Crippen LogP contribution is -2.60. The Morgan fingerprint density at radius 3 is 2.72 bits per heavy atom. The number of methoxy groups -OCH3 is 1. The summed E-state index contributed by atoms with van der Waals surface area (Å²) in [6, 6.07) is 0.203. The van der Waals surface area contributed by atoms with Gasteiger partial charge in [0.15, 0.2) is 0 Å². The molecule has 0 amide bonds. The maximum absolute atomic E-state index is 6.00. The van der Waals surface area contributed by atoms with Crippen molar-refractivity contribution in [3.05, 3.63) is 0 Å². The molecule has 0 aromatic carbocycles. The molecule has 3 unspecified atom stereocenters. The van der Waals surface area contributed by atoms with E-state index in [1.54, 1.807) is 7.11 Å². The van der Waals surface area contributed by atoms with Crippen LogP contribution in [0, 0.1) is 5.92 Å². The highest BCUT2D eigenvalue weighted by Crippen LogP contribution is 2.46. The molecular formula is C14H28N2O2. The molecule has 1 aliphatic heterocycles. The molecule has 0 aromatic heterocycles. The maximum Gasteiger partial charge on any atom is 0.0816 e. The van der Waals surface area contributed by atoms with Gasteiger partial charge in [0, 0.05) is 13.7 Å². The summed E-state index contributed by atoms with van der Waals surface area (Å²) in [4.78, 5) is 0. The Balaban J connectivity index is 2.07. The van der Waals surface area contributed by atoms with Crippen molar-refractivity contribution in [1.29, 1.82) is 0 Å². The van der Waals surface area contributed by atoms with E-state index in [0.29, 0.717) is 5.92 Å². The number of rotatable bonds is 5. The first-order valence-electron chi connectivity index (χ1n) is 7.24. The lowest BCUT2D eigenvalue weighted by atomic mass is 9.68. The van der Waals surface area contributed by atoms with Crippen molar-refractivity contribution in [2.24, 2.45) is 11.8 Å². The molecule has 0 bridgehead atoms. The Kier molecular flexibility index (Phi) is 4.32. The predicted octanol–water partition coefficient (Wildman–Crippen LogP) is 1.98. The highest BCUT2D eigenvalue weighted by Gasteiger charge is 2.47. The second kappa shape index (κ2) is 5.45. The highest BCUT2D eigenvalue weighted by atomic mass is 16.5. The van der Waals surface area contributed by atoms with Crippen molar-refractivity contribution in [1.82, 2.24) is 5.43 Å². The number of hydrogen-bond donors (Lipinski definition) is 2. The van der Waals surface area contributed by atoms with Gasteiger partial charge in [-0.15, -0.1) is 0 Å². The van der Waals surface area contributed by atoms with Crippen LogP contribution in [0.25, 0.3) is 0 Å². The third kappa shape index (κ3) is 2.44. The Hall–Kier alpha value is -0.160. The van der Waals surface area contributed by atoms with Crippen LogP contribution in [-0.2, 0) is 9.47 Å². The summed E-state index contributed by atoms with van der Waals surface area (Å²) in [6.45, 7) is 5.18. The fraction of sp³-hybridized carbons (Fsp3) is 1.00. The molecule has 106 valence electrons. The van der Waals surface area contributed by atoms with Crippen molar-refractivity contribution < 1.29 is 9.47 Å². The zero-order chi connectivity index (χ0) is 13.2. The first-order chi connectivity index (χ1) is 8.59. The van der Waals surface area contributed by atoms with E-state index in [1.165, 1.54) is 19.3 Å². The molecule has 3 atom stereocenters. The number of nitrogens with two attached hydrogens (primary N) is 1. The minimum Gasteiger partial charge on any atom is -0.377 e. The van der Waals surface area contributed by atoms with Crippen LogP contribution in [0.4, 0.5) is 0 Å². The summed E-state index contributed by atoms with van der Waals surface area (Å²) in [6.07, 6.45) is 6.91. The van der Waals surface area contributed by atoms with E-state index >= 15 is 0 Å². The molecule has 2 rings (SSSR count). The van der Waals surface area contributed by atoms with E-state index in [2.05, 4.69) is 19.3 Å². The first kappa shape index (κ1) is 14.3. The number of hydrazine groups is 1.